The summed E-state index contributed by atoms with van der Waals surface area (Å²) in [6.07, 6.45) is 0. The van der Waals surface area contributed by atoms with E-state index in [-0.39, 0.29) is 11.1 Å². The molecule has 0 bridgehead atoms. The van der Waals surface area contributed by atoms with Crippen LogP contribution in [0.4, 0.5) is 0 Å². The van der Waals surface area contributed by atoms with Gasteiger partial charge in [0.15, 0.2) is 0 Å². The molecule has 0 unspecified atom stereocenters. The van der Waals surface area contributed by atoms with E-state index in [9.17, 15) is 9.59 Å². The second kappa shape index (κ2) is 3.69. The van der Waals surface area contributed by atoms with Crippen LogP contribution in [0, 0.1) is 0 Å². The minimum atomic E-state index is -0.221. The van der Waals surface area contributed by atoms with Gasteiger partial charge in [0.2, 0.25) is 0 Å². The first-order chi connectivity index (χ1) is 10.3. The van der Waals surface area contributed by atoms with Gasteiger partial charge in [-0.3, -0.25) is 9.59 Å². The summed E-state index contributed by atoms with van der Waals surface area (Å²) in [4.78, 5) is 25.4. The molecule has 4 aromatic heterocycles. The van der Waals surface area contributed by atoms with Crippen molar-refractivity contribution >= 4 is 59.1 Å². The fourth-order valence-electron chi connectivity index (χ4n) is 3.03. The van der Waals surface area contributed by atoms with E-state index in [1.165, 1.54) is 15.7 Å². The zero-order valence-electron chi connectivity index (χ0n) is 10.6. The molecule has 5 heteroatoms. The summed E-state index contributed by atoms with van der Waals surface area (Å²) in [7, 11) is 0. The number of benzene rings is 1. The topological polar surface area (TPSA) is 38.5 Å². The van der Waals surface area contributed by atoms with Gasteiger partial charge in [-0.25, -0.2) is 4.40 Å². The Morgan fingerprint density at radius 2 is 1.52 bits per heavy atom. The van der Waals surface area contributed by atoms with Crippen LogP contribution in [0.15, 0.2) is 50.7 Å². The number of thiophene rings is 2. The lowest BCUT2D eigenvalue weighted by atomic mass is 10.1. The molecule has 3 nitrogen and oxygen atoms in total. The van der Waals surface area contributed by atoms with E-state index < -0.39 is 0 Å². The lowest BCUT2D eigenvalue weighted by Crippen LogP contribution is -2.26. The first-order valence-corrected chi connectivity index (χ1v) is 8.21. The van der Waals surface area contributed by atoms with Crippen molar-refractivity contribution in [2.24, 2.45) is 0 Å². The molecule has 0 fully saturated rings. The van der Waals surface area contributed by atoms with E-state index in [1.807, 2.05) is 35.0 Å². The number of hydrogen-bond acceptors (Lipinski definition) is 4. The van der Waals surface area contributed by atoms with Crippen LogP contribution in [0.5, 0.6) is 0 Å². The lowest BCUT2D eigenvalue weighted by molar-refractivity contribution is 1.09. The van der Waals surface area contributed by atoms with Crippen molar-refractivity contribution in [3.63, 3.8) is 0 Å². The summed E-state index contributed by atoms with van der Waals surface area (Å²) < 4.78 is 3.01. The molecule has 0 N–H and O–H groups in total. The highest BCUT2D eigenvalue weighted by Crippen LogP contribution is 2.35. The van der Waals surface area contributed by atoms with Crippen LogP contribution >= 0.6 is 22.7 Å². The molecule has 4 heterocycles. The van der Waals surface area contributed by atoms with E-state index >= 15 is 0 Å². The van der Waals surface area contributed by atoms with Crippen molar-refractivity contribution in [1.82, 2.24) is 4.40 Å². The predicted octanol–water partition coefficient (Wildman–Crippen LogP) is 3.68. The fraction of sp³-hybridized carbons (Fsp3) is 0. The Labute approximate surface area is 125 Å². The molecule has 0 spiro atoms. The summed E-state index contributed by atoms with van der Waals surface area (Å²) in [5.74, 6) is 0. The molecular formula is C16H7NO2S2. The van der Waals surface area contributed by atoms with Gasteiger partial charge in [0.1, 0.15) is 4.70 Å². The van der Waals surface area contributed by atoms with Crippen LogP contribution in [-0.2, 0) is 0 Å². The van der Waals surface area contributed by atoms with E-state index in [0.29, 0.717) is 10.1 Å². The molecule has 1 aromatic carbocycles. The summed E-state index contributed by atoms with van der Waals surface area (Å²) in [5.41, 5.74) is 0.341. The third-order valence-corrected chi connectivity index (χ3v) is 5.85. The number of fused-ring (bicyclic) bond motifs is 4. The maximum Gasteiger partial charge on any atom is 0.276 e. The zero-order chi connectivity index (χ0) is 14.1. The first kappa shape index (κ1) is 11.4. The Morgan fingerprint density at radius 3 is 2.38 bits per heavy atom. The Balaban J connectivity index is 2.35. The molecule has 0 aliphatic carbocycles. The molecule has 5 aromatic rings. The highest BCUT2D eigenvalue weighted by Gasteiger charge is 2.18. The molecule has 0 saturated carbocycles. The molecule has 0 atom stereocenters. The molecule has 0 aliphatic rings. The minimum absolute atomic E-state index is 0.202. The number of rotatable bonds is 0. The van der Waals surface area contributed by atoms with E-state index in [4.69, 9.17) is 0 Å². The predicted molar refractivity (Wildman–Crippen MR) is 89.4 cm³/mol. The average molecular weight is 309 g/mol. The van der Waals surface area contributed by atoms with Gasteiger partial charge < -0.3 is 0 Å². The highest BCUT2D eigenvalue weighted by atomic mass is 32.1. The van der Waals surface area contributed by atoms with Gasteiger partial charge in [0, 0.05) is 26.9 Å². The molecule has 0 amide bonds. The van der Waals surface area contributed by atoms with Crippen molar-refractivity contribution in [3.05, 3.63) is 61.8 Å². The maximum absolute atomic E-state index is 12.8. The number of nitrogens with zero attached hydrogens (tertiary/aromatic N) is 1. The molecule has 0 radical (unpaired) electrons. The molecular weight excluding hydrogens is 302 g/mol. The Bertz CT molecular complexity index is 1280. The van der Waals surface area contributed by atoms with E-state index in [1.54, 1.807) is 17.4 Å². The fourth-order valence-corrected chi connectivity index (χ4v) is 4.96. The number of pyridine rings is 2. The smallest absolute Gasteiger partial charge is 0.268 e. The van der Waals surface area contributed by atoms with Gasteiger partial charge in [0.25, 0.3) is 11.1 Å². The summed E-state index contributed by atoms with van der Waals surface area (Å²) in [6.45, 7) is 0. The van der Waals surface area contributed by atoms with Gasteiger partial charge in [-0.15, -0.1) is 22.7 Å². The van der Waals surface area contributed by atoms with Crippen molar-refractivity contribution < 1.29 is 0 Å². The molecule has 21 heavy (non-hydrogen) atoms. The summed E-state index contributed by atoms with van der Waals surface area (Å²) in [6, 6.07) is 9.46. The van der Waals surface area contributed by atoms with E-state index in [0.717, 1.165) is 26.4 Å². The van der Waals surface area contributed by atoms with Crippen LogP contribution in [0.2, 0.25) is 0 Å². The van der Waals surface area contributed by atoms with Gasteiger partial charge >= 0.3 is 0 Å². The lowest BCUT2D eigenvalue weighted by Gasteiger charge is -2.05. The largest absolute Gasteiger partial charge is 0.276 e. The quantitative estimate of drug-likeness (QED) is 0.409. The van der Waals surface area contributed by atoms with Gasteiger partial charge in [-0.1, -0.05) is 18.2 Å². The summed E-state index contributed by atoms with van der Waals surface area (Å²) in [5, 5.41) is 7.43. The monoisotopic (exact) mass is 309 g/mol. The van der Waals surface area contributed by atoms with Gasteiger partial charge in [-0.2, -0.15) is 0 Å². The Kier molecular flexibility index (Phi) is 2.01. The number of hydrogen-bond donors (Lipinski definition) is 0. The Morgan fingerprint density at radius 1 is 0.762 bits per heavy atom. The second-order valence-corrected chi connectivity index (χ2v) is 6.78. The molecule has 0 saturated heterocycles. The molecule has 0 aliphatic heterocycles. The maximum atomic E-state index is 12.8. The third-order valence-electron chi connectivity index (χ3n) is 3.95. The van der Waals surface area contributed by atoms with Gasteiger partial charge in [0.05, 0.1) is 10.2 Å². The highest BCUT2D eigenvalue weighted by molar-refractivity contribution is 7.20. The van der Waals surface area contributed by atoms with Crippen molar-refractivity contribution in [2.75, 3.05) is 0 Å². The second-order valence-electron chi connectivity index (χ2n) is 4.98. The normalized spacial score (nSPS) is 12.2. The van der Waals surface area contributed by atoms with Crippen LogP contribution in [0.3, 0.4) is 0 Å². The third kappa shape index (κ3) is 1.24. The zero-order valence-corrected chi connectivity index (χ0v) is 12.3. The summed E-state index contributed by atoms with van der Waals surface area (Å²) >= 11 is 2.99. The first-order valence-electron chi connectivity index (χ1n) is 6.45. The van der Waals surface area contributed by atoms with Crippen LogP contribution in [0.1, 0.15) is 0 Å². The minimum Gasteiger partial charge on any atom is -0.268 e. The van der Waals surface area contributed by atoms with Crippen LogP contribution < -0.4 is 11.1 Å². The van der Waals surface area contributed by atoms with Crippen molar-refractivity contribution in [2.45, 2.75) is 0 Å². The van der Waals surface area contributed by atoms with Gasteiger partial charge in [-0.05, 0) is 17.5 Å². The van der Waals surface area contributed by atoms with E-state index in [2.05, 4.69) is 0 Å². The molecule has 5 rings (SSSR count). The molecule has 100 valence electrons. The number of aromatic nitrogens is 1. The average Bonchev–Trinajstić information content (AvgIpc) is 3.13. The van der Waals surface area contributed by atoms with Crippen molar-refractivity contribution in [3.8, 4) is 0 Å². The van der Waals surface area contributed by atoms with Crippen LogP contribution in [-0.4, -0.2) is 4.40 Å². The Hall–Kier alpha value is -2.24. The standard InChI is InChI=1S/C16H7NO2S2/c18-15-10-4-2-1-3-8(10)13-12-11(7-21-13)9-5-6-20-14(9)16(19)17(12)15/h1-7H. The SMILES string of the molecule is O=c1c2ccccc2c2scc3c4ccsc4c(=O)n1c32. The van der Waals surface area contributed by atoms with Crippen LogP contribution in [0.25, 0.3) is 36.5 Å². The van der Waals surface area contributed by atoms with Crippen molar-refractivity contribution in [1.29, 1.82) is 0 Å².